The monoisotopic (exact) mass is 270 g/mol. The van der Waals surface area contributed by atoms with Crippen molar-refractivity contribution in [2.45, 2.75) is 24.7 Å². The highest BCUT2D eigenvalue weighted by Crippen LogP contribution is 2.31. The summed E-state index contributed by atoms with van der Waals surface area (Å²) in [7, 11) is 3.39. The van der Waals surface area contributed by atoms with Crippen LogP contribution in [0.2, 0.25) is 0 Å². The molecular weight excluding hydrogens is 255 g/mol. The number of nitrogens with one attached hydrogen (secondary N) is 1. The lowest BCUT2D eigenvalue weighted by Crippen LogP contribution is -2.60. The summed E-state index contributed by atoms with van der Waals surface area (Å²) < 4.78 is 24.4. The largest absolute Gasteiger partial charge is 0.485 e. The molecule has 0 aromatic heterocycles. The fourth-order valence-electron chi connectivity index (χ4n) is 2.16. The highest BCUT2D eigenvalue weighted by Gasteiger charge is 2.42. The molecule has 19 heavy (non-hydrogen) atoms. The van der Waals surface area contributed by atoms with Crippen LogP contribution in [0.3, 0.4) is 0 Å². The number of likely N-dealkylation sites (N-methyl/N-ethyl adjacent to an activating group) is 1. The molecule has 0 spiro atoms. The Morgan fingerprint density at radius 1 is 1.53 bits per heavy atom. The average molecular weight is 270 g/mol. The van der Waals surface area contributed by atoms with Gasteiger partial charge >= 0.3 is 0 Å². The van der Waals surface area contributed by atoms with Crippen LogP contribution in [-0.2, 0) is 4.74 Å². The highest BCUT2D eigenvalue weighted by atomic mass is 19.1. The second-order valence-electron chi connectivity index (χ2n) is 4.36. The lowest BCUT2D eigenvalue weighted by molar-refractivity contribution is -0.385. The van der Waals surface area contributed by atoms with E-state index in [1.165, 1.54) is 12.1 Å². The van der Waals surface area contributed by atoms with Crippen LogP contribution in [0, 0.1) is 15.9 Å². The van der Waals surface area contributed by atoms with Crippen LogP contribution >= 0.6 is 0 Å². The van der Waals surface area contributed by atoms with Crippen molar-refractivity contribution in [3.05, 3.63) is 34.1 Å². The fraction of sp³-hybridized carbons (Fsp3) is 0.500. The molecule has 1 fully saturated rings. The minimum absolute atomic E-state index is 0.00667. The smallest absolute Gasteiger partial charge is 0.272 e. The van der Waals surface area contributed by atoms with E-state index in [4.69, 9.17) is 9.47 Å². The van der Waals surface area contributed by atoms with Gasteiger partial charge in [-0.15, -0.1) is 0 Å². The van der Waals surface area contributed by atoms with Gasteiger partial charge in [0.2, 0.25) is 0 Å². The standard InChI is InChI=1S/C12H15FN2O4/c1-14-9-6-11(12(9)18-2)19-10-4-3-7(15(16)17)5-8(10)13/h3-5,9,11-12,14H,6H2,1-2H3. The Hall–Kier alpha value is -1.73. The Morgan fingerprint density at radius 3 is 2.79 bits per heavy atom. The van der Waals surface area contributed by atoms with Crippen molar-refractivity contribution in [1.29, 1.82) is 0 Å². The van der Waals surface area contributed by atoms with E-state index in [0.717, 1.165) is 6.07 Å². The van der Waals surface area contributed by atoms with Crippen LogP contribution in [0.15, 0.2) is 18.2 Å². The van der Waals surface area contributed by atoms with Gasteiger partial charge in [0.15, 0.2) is 11.6 Å². The minimum Gasteiger partial charge on any atom is -0.485 e. The quantitative estimate of drug-likeness (QED) is 0.648. The third-order valence-electron chi connectivity index (χ3n) is 3.30. The summed E-state index contributed by atoms with van der Waals surface area (Å²) in [5.41, 5.74) is -0.296. The molecule has 1 aliphatic carbocycles. The molecule has 6 nitrogen and oxygen atoms in total. The number of nitrogens with zero attached hydrogens (tertiary/aromatic N) is 1. The molecule has 0 aliphatic heterocycles. The van der Waals surface area contributed by atoms with Gasteiger partial charge < -0.3 is 14.8 Å². The Labute approximate surface area is 109 Å². The zero-order valence-electron chi connectivity index (χ0n) is 10.6. The van der Waals surface area contributed by atoms with Crippen LogP contribution < -0.4 is 10.1 Å². The van der Waals surface area contributed by atoms with E-state index in [1.54, 1.807) is 7.11 Å². The number of halogens is 1. The normalized spacial score (nSPS) is 25.7. The second kappa shape index (κ2) is 5.50. The summed E-state index contributed by atoms with van der Waals surface area (Å²) in [6, 6.07) is 3.52. The number of methoxy groups -OCH3 is 1. The van der Waals surface area contributed by atoms with E-state index in [1.807, 2.05) is 7.05 Å². The van der Waals surface area contributed by atoms with Gasteiger partial charge in [-0.3, -0.25) is 10.1 Å². The Morgan fingerprint density at radius 2 is 2.26 bits per heavy atom. The van der Waals surface area contributed by atoms with Crippen LogP contribution in [-0.4, -0.2) is 37.3 Å². The number of ether oxygens (including phenoxy) is 2. The molecule has 2 rings (SSSR count). The zero-order chi connectivity index (χ0) is 14.0. The molecule has 0 saturated heterocycles. The van der Waals surface area contributed by atoms with Crippen molar-refractivity contribution < 1.29 is 18.8 Å². The van der Waals surface area contributed by atoms with Gasteiger partial charge in [-0.25, -0.2) is 4.39 Å². The summed E-state index contributed by atoms with van der Waals surface area (Å²) in [4.78, 5) is 9.86. The van der Waals surface area contributed by atoms with Gasteiger partial charge in [0, 0.05) is 25.6 Å². The van der Waals surface area contributed by atoms with Crippen molar-refractivity contribution in [3.63, 3.8) is 0 Å². The summed E-state index contributed by atoms with van der Waals surface area (Å²) in [6.07, 6.45) is 0.295. The number of rotatable bonds is 5. The van der Waals surface area contributed by atoms with E-state index in [9.17, 15) is 14.5 Å². The number of benzene rings is 1. The predicted molar refractivity (Wildman–Crippen MR) is 65.7 cm³/mol. The van der Waals surface area contributed by atoms with Crippen LogP contribution in [0.1, 0.15) is 6.42 Å². The van der Waals surface area contributed by atoms with Crippen molar-refractivity contribution in [2.75, 3.05) is 14.2 Å². The van der Waals surface area contributed by atoms with E-state index in [2.05, 4.69) is 5.32 Å². The van der Waals surface area contributed by atoms with Crippen molar-refractivity contribution in [1.82, 2.24) is 5.32 Å². The molecule has 104 valence electrons. The van der Waals surface area contributed by atoms with Gasteiger partial charge in [0.25, 0.3) is 5.69 Å². The van der Waals surface area contributed by atoms with Gasteiger partial charge in [-0.05, 0) is 13.1 Å². The molecule has 0 radical (unpaired) electrons. The highest BCUT2D eigenvalue weighted by molar-refractivity contribution is 5.37. The average Bonchev–Trinajstić information content (AvgIpc) is 2.35. The molecule has 7 heteroatoms. The summed E-state index contributed by atoms with van der Waals surface area (Å²) in [5, 5.41) is 13.6. The third-order valence-corrected chi connectivity index (χ3v) is 3.30. The van der Waals surface area contributed by atoms with E-state index < -0.39 is 10.7 Å². The second-order valence-corrected chi connectivity index (χ2v) is 4.36. The number of non-ortho nitro benzene ring substituents is 1. The molecule has 3 unspecified atom stereocenters. The van der Waals surface area contributed by atoms with Gasteiger partial charge in [-0.1, -0.05) is 0 Å². The Bertz CT molecular complexity index is 483. The summed E-state index contributed by atoms with van der Waals surface area (Å²) in [6.45, 7) is 0. The molecule has 0 amide bonds. The predicted octanol–water partition coefficient (Wildman–Crippen LogP) is 1.49. The molecule has 1 aromatic carbocycles. The van der Waals surface area contributed by atoms with Gasteiger partial charge in [0.1, 0.15) is 12.2 Å². The maximum absolute atomic E-state index is 13.7. The van der Waals surface area contributed by atoms with Crippen LogP contribution in [0.4, 0.5) is 10.1 Å². The van der Waals surface area contributed by atoms with Crippen LogP contribution in [0.25, 0.3) is 0 Å². The third kappa shape index (κ3) is 2.66. The lowest BCUT2D eigenvalue weighted by atomic mass is 9.85. The van der Waals surface area contributed by atoms with Crippen molar-refractivity contribution in [3.8, 4) is 5.75 Å². The molecule has 0 heterocycles. The van der Waals surface area contributed by atoms with E-state index in [0.29, 0.717) is 6.42 Å². The molecule has 1 aromatic rings. The summed E-state index contributed by atoms with van der Waals surface area (Å²) in [5.74, 6) is -0.732. The first-order chi connectivity index (χ1) is 9.06. The maximum Gasteiger partial charge on any atom is 0.272 e. The number of hydrogen-bond acceptors (Lipinski definition) is 5. The lowest BCUT2D eigenvalue weighted by Gasteiger charge is -2.42. The van der Waals surface area contributed by atoms with Crippen molar-refractivity contribution >= 4 is 5.69 Å². The van der Waals surface area contributed by atoms with E-state index >= 15 is 0 Å². The first-order valence-electron chi connectivity index (χ1n) is 5.87. The topological polar surface area (TPSA) is 73.6 Å². The zero-order valence-corrected chi connectivity index (χ0v) is 10.6. The van der Waals surface area contributed by atoms with Crippen LogP contribution in [0.5, 0.6) is 5.75 Å². The maximum atomic E-state index is 13.7. The first-order valence-corrected chi connectivity index (χ1v) is 5.87. The fourth-order valence-corrected chi connectivity index (χ4v) is 2.16. The molecule has 3 atom stereocenters. The first kappa shape index (κ1) is 13.7. The van der Waals surface area contributed by atoms with Gasteiger partial charge in [0.05, 0.1) is 11.0 Å². The number of nitro groups is 1. The molecule has 1 N–H and O–H groups in total. The van der Waals surface area contributed by atoms with Crippen molar-refractivity contribution in [2.24, 2.45) is 0 Å². The SMILES string of the molecule is CNC1CC(Oc2ccc([N+](=O)[O-])cc2F)C1OC. The number of hydrogen-bond donors (Lipinski definition) is 1. The summed E-state index contributed by atoms with van der Waals surface area (Å²) >= 11 is 0. The van der Waals surface area contributed by atoms with Gasteiger partial charge in [-0.2, -0.15) is 0 Å². The molecular formula is C12H15FN2O4. The minimum atomic E-state index is -0.739. The Kier molecular flexibility index (Phi) is 3.96. The van der Waals surface area contributed by atoms with E-state index in [-0.39, 0.29) is 29.7 Å². The molecule has 1 aliphatic rings. The molecule has 1 saturated carbocycles. The molecule has 0 bridgehead atoms. The number of nitro benzene ring substituents is 1. The Balaban J connectivity index is 2.06.